The molecule has 1 N–H and O–H groups in total. The molecular weight excluding hydrogens is 321 g/mol. The third-order valence-corrected chi connectivity index (χ3v) is 4.77. The number of hydrogen-bond acceptors (Lipinski definition) is 2. The topological polar surface area (TPSA) is 46.2 Å². The SMILES string of the molecule is CC(CCNC(=O)c1cccc(F)c1Br)S(C)=O. The molecule has 0 fully saturated rings. The van der Waals surface area contributed by atoms with Crippen molar-refractivity contribution in [2.75, 3.05) is 12.8 Å². The van der Waals surface area contributed by atoms with Crippen LogP contribution < -0.4 is 5.32 Å². The van der Waals surface area contributed by atoms with Crippen LogP contribution in [-0.4, -0.2) is 28.2 Å². The molecule has 0 aliphatic heterocycles. The van der Waals surface area contributed by atoms with Gasteiger partial charge < -0.3 is 5.32 Å². The van der Waals surface area contributed by atoms with E-state index in [2.05, 4.69) is 21.2 Å². The normalized spacial score (nSPS) is 14.0. The first-order valence-corrected chi connectivity index (χ1v) is 7.89. The van der Waals surface area contributed by atoms with E-state index >= 15 is 0 Å². The summed E-state index contributed by atoms with van der Waals surface area (Å²) in [6.45, 7) is 2.28. The van der Waals surface area contributed by atoms with Crippen LogP contribution in [-0.2, 0) is 10.8 Å². The van der Waals surface area contributed by atoms with Gasteiger partial charge in [-0.3, -0.25) is 9.00 Å². The highest BCUT2D eigenvalue weighted by Gasteiger charge is 2.13. The summed E-state index contributed by atoms with van der Waals surface area (Å²) >= 11 is 3.04. The Kier molecular flexibility index (Phi) is 5.95. The largest absolute Gasteiger partial charge is 0.352 e. The number of nitrogens with one attached hydrogen (secondary N) is 1. The minimum atomic E-state index is -0.898. The van der Waals surface area contributed by atoms with Crippen LogP contribution in [0.25, 0.3) is 0 Å². The number of amides is 1. The quantitative estimate of drug-likeness (QED) is 0.898. The number of hydrogen-bond donors (Lipinski definition) is 1. The van der Waals surface area contributed by atoms with Gasteiger partial charge in [0.25, 0.3) is 5.91 Å². The second kappa shape index (κ2) is 6.99. The maximum Gasteiger partial charge on any atom is 0.252 e. The fourth-order valence-electron chi connectivity index (χ4n) is 1.33. The van der Waals surface area contributed by atoms with E-state index in [1.165, 1.54) is 12.1 Å². The Morgan fingerprint density at radius 3 is 2.83 bits per heavy atom. The second-order valence-electron chi connectivity index (χ2n) is 3.96. The predicted molar refractivity (Wildman–Crippen MR) is 74.6 cm³/mol. The minimum Gasteiger partial charge on any atom is -0.352 e. The molecule has 0 heterocycles. The molecule has 1 amide bonds. The molecule has 1 aromatic carbocycles. The van der Waals surface area contributed by atoms with Crippen molar-refractivity contribution in [3.05, 3.63) is 34.1 Å². The Labute approximate surface area is 117 Å². The molecule has 6 heteroatoms. The number of carbonyl (C=O) groups is 1. The zero-order chi connectivity index (χ0) is 13.7. The molecule has 0 saturated carbocycles. The average Bonchev–Trinajstić information content (AvgIpc) is 2.32. The summed E-state index contributed by atoms with van der Waals surface area (Å²) in [5.41, 5.74) is 0.264. The lowest BCUT2D eigenvalue weighted by Gasteiger charge is -2.10. The zero-order valence-corrected chi connectivity index (χ0v) is 12.6. The first-order valence-electron chi connectivity index (χ1n) is 5.48. The van der Waals surface area contributed by atoms with Crippen molar-refractivity contribution in [3.63, 3.8) is 0 Å². The van der Waals surface area contributed by atoms with Crippen LogP contribution in [0.15, 0.2) is 22.7 Å². The molecule has 1 aromatic rings. The van der Waals surface area contributed by atoms with Gasteiger partial charge >= 0.3 is 0 Å². The van der Waals surface area contributed by atoms with Gasteiger partial charge in [-0.05, 0) is 34.5 Å². The smallest absolute Gasteiger partial charge is 0.252 e. The Hall–Kier alpha value is -0.750. The molecular formula is C12H15BrFNO2S. The van der Waals surface area contributed by atoms with Crippen molar-refractivity contribution < 1.29 is 13.4 Å². The molecule has 100 valence electrons. The van der Waals surface area contributed by atoms with Gasteiger partial charge in [-0.1, -0.05) is 13.0 Å². The lowest BCUT2D eigenvalue weighted by Crippen LogP contribution is -2.27. The number of carbonyl (C=O) groups excluding carboxylic acids is 1. The number of halogens is 2. The molecule has 2 unspecified atom stereocenters. The van der Waals surface area contributed by atoms with Gasteiger partial charge in [-0.2, -0.15) is 0 Å². The highest BCUT2D eigenvalue weighted by atomic mass is 79.9. The highest BCUT2D eigenvalue weighted by molar-refractivity contribution is 9.10. The molecule has 0 saturated heterocycles. The van der Waals surface area contributed by atoms with Crippen LogP contribution in [0, 0.1) is 5.82 Å². The maximum absolute atomic E-state index is 13.2. The molecule has 0 aromatic heterocycles. The molecule has 2 atom stereocenters. The summed E-state index contributed by atoms with van der Waals surface area (Å²) in [7, 11) is -0.898. The average molecular weight is 336 g/mol. The van der Waals surface area contributed by atoms with Gasteiger partial charge in [-0.15, -0.1) is 0 Å². The molecule has 0 spiro atoms. The van der Waals surface area contributed by atoms with Gasteiger partial charge in [0.2, 0.25) is 0 Å². The van der Waals surface area contributed by atoms with Crippen LogP contribution in [0.5, 0.6) is 0 Å². The van der Waals surface area contributed by atoms with Gasteiger partial charge in [-0.25, -0.2) is 4.39 Å². The molecule has 0 aliphatic carbocycles. The van der Waals surface area contributed by atoms with Crippen molar-refractivity contribution >= 4 is 32.6 Å². The van der Waals surface area contributed by atoms with E-state index in [-0.39, 0.29) is 21.2 Å². The molecule has 0 radical (unpaired) electrons. The van der Waals surface area contributed by atoms with Crippen molar-refractivity contribution in [2.45, 2.75) is 18.6 Å². The summed E-state index contributed by atoms with van der Waals surface area (Å²) in [4.78, 5) is 11.8. The number of rotatable bonds is 5. The lowest BCUT2D eigenvalue weighted by molar-refractivity contribution is 0.0952. The summed E-state index contributed by atoms with van der Waals surface area (Å²) in [5, 5.41) is 2.71. The van der Waals surface area contributed by atoms with E-state index < -0.39 is 16.6 Å². The Morgan fingerprint density at radius 1 is 1.56 bits per heavy atom. The summed E-state index contributed by atoms with van der Waals surface area (Å²) in [6.07, 6.45) is 2.26. The van der Waals surface area contributed by atoms with Crippen molar-refractivity contribution in [1.82, 2.24) is 5.32 Å². The Morgan fingerprint density at radius 2 is 2.22 bits per heavy atom. The van der Waals surface area contributed by atoms with E-state index in [4.69, 9.17) is 0 Å². The van der Waals surface area contributed by atoms with E-state index in [1.54, 1.807) is 12.3 Å². The summed E-state index contributed by atoms with van der Waals surface area (Å²) < 4.78 is 24.5. The van der Waals surface area contributed by atoms with Crippen molar-refractivity contribution in [3.8, 4) is 0 Å². The van der Waals surface area contributed by atoms with E-state index in [0.29, 0.717) is 13.0 Å². The molecule has 3 nitrogen and oxygen atoms in total. The first kappa shape index (κ1) is 15.3. The lowest BCUT2D eigenvalue weighted by atomic mass is 10.2. The molecule has 1 rings (SSSR count). The fraction of sp³-hybridized carbons (Fsp3) is 0.417. The van der Waals surface area contributed by atoms with Crippen molar-refractivity contribution in [1.29, 1.82) is 0 Å². The van der Waals surface area contributed by atoms with Crippen LogP contribution in [0.2, 0.25) is 0 Å². The standard InChI is InChI=1S/C12H15BrFNO2S/c1-8(18(2)17)6-7-15-12(16)9-4-3-5-10(14)11(9)13/h3-5,8H,6-7H2,1-2H3,(H,15,16). The molecule has 0 bridgehead atoms. The minimum absolute atomic E-state index is 0.0289. The first-order chi connectivity index (χ1) is 8.43. The summed E-state index contributed by atoms with van der Waals surface area (Å²) in [6, 6.07) is 4.31. The maximum atomic E-state index is 13.2. The van der Waals surface area contributed by atoms with Gasteiger partial charge in [0.1, 0.15) is 5.82 Å². The van der Waals surface area contributed by atoms with Gasteiger partial charge in [0.15, 0.2) is 0 Å². The second-order valence-corrected chi connectivity index (χ2v) is 6.55. The van der Waals surface area contributed by atoms with E-state index in [0.717, 1.165) is 0 Å². The van der Waals surface area contributed by atoms with Crippen LogP contribution in [0.3, 0.4) is 0 Å². The van der Waals surface area contributed by atoms with E-state index in [9.17, 15) is 13.4 Å². The predicted octanol–water partition coefficient (Wildman–Crippen LogP) is 2.48. The monoisotopic (exact) mass is 335 g/mol. The highest BCUT2D eigenvalue weighted by Crippen LogP contribution is 2.20. The fourth-order valence-corrected chi connectivity index (χ4v) is 2.22. The third kappa shape index (κ3) is 4.17. The zero-order valence-electron chi connectivity index (χ0n) is 10.2. The number of benzene rings is 1. The summed E-state index contributed by atoms with van der Waals surface area (Å²) in [5.74, 6) is -0.804. The Bertz CT molecular complexity index is 467. The van der Waals surface area contributed by atoms with Gasteiger partial charge in [0, 0.05) is 28.9 Å². The van der Waals surface area contributed by atoms with Crippen molar-refractivity contribution in [2.24, 2.45) is 0 Å². The van der Waals surface area contributed by atoms with E-state index in [1.807, 2.05) is 6.92 Å². The van der Waals surface area contributed by atoms with Gasteiger partial charge in [0.05, 0.1) is 10.0 Å². The molecule has 18 heavy (non-hydrogen) atoms. The molecule has 0 aliphatic rings. The van der Waals surface area contributed by atoms with Crippen LogP contribution in [0.4, 0.5) is 4.39 Å². The Balaban J connectivity index is 2.56. The van der Waals surface area contributed by atoms with Crippen LogP contribution in [0.1, 0.15) is 23.7 Å². The van der Waals surface area contributed by atoms with Crippen LogP contribution >= 0.6 is 15.9 Å². The third-order valence-electron chi connectivity index (χ3n) is 2.60.